The van der Waals surface area contributed by atoms with Crippen LogP contribution in [-0.2, 0) is 11.3 Å². The van der Waals surface area contributed by atoms with E-state index in [1.54, 1.807) is 30.5 Å². The van der Waals surface area contributed by atoms with Crippen LogP contribution in [0.15, 0.2) is 58.4 Å². The predicted octanol–water partition coefficient (Wildman–Crippen LogP) is 2.45. The lowest BCUT2D eigenvalue weighted by molar-refractivity contribution is -0.118. The van der Waals surface area contributed by atoms with Crippen molar-refractivity contribution >= 4 is 34.9 Å². The molecule has 3 rings (SSSR count). The fourth-order valence-electron chi connectivity index (χ4n) is 2.30. The zero-order chi connectivity index (χ0) is 17.6. The highest BCUT2D eigenvalue weighted by Gasteiger charge is 2.06. The first-order valence-electron chi connectivity index (χ1n) is 7.83. The van der Waals surface area contributed by atoms with Gasteiger partial charge in [-0.05, 0) is 42.8 Å². The van der Waals surface area contributed by atoms with E-state index in [4.69, 9.17) is 11.6 Å². The van der Waals surface area contributed by atoms with Crippen LogP contribution in [-0.4, -0.2) is 32.4 Å². The van der Waals surface area contributed by atoms with Gasteiger partial charge >= 0.3 is 5.69 Å². The number of aromatic nitrogens is 3. The Hall–Kier alpha value is -2.25. The lowest BCUT2D eigenvalue weighted by atomic mass is 10.4. The molecule has 2 aromatic heterocycles. The summed E-state index contributed by atoms with van der Waals surface area (Å²) >= 11 is 7.28. The van der Waals surface area contributed by atoms with E-state index >= 15 is 0 Å². The lowest BCUT2D eigenvalue weighted by Crippen LogP contribution is -2.28. The number of thioether (sulfide) groups is 1. The van der Waals surface area contributed by atoms with Crippen molar-refractivity contribution in [3.8, 4) is 0 Å². The van der Waals surface area contributed by atoms with Crippen molar-refractivity contribution in [2.24, 2.45) is 0 Å². The monoisotopic (exact) mass is 376 g/mol. The molecule has 6 nitrogen and oxygen atoms in total. The number of carbonyl (C=O) groups is 1. The van der Waals surface area contributed by atoms with Crippen molar-refractivity contribution in [3.05, 3.63) is 64.2 Å². The van der Waals surface area contributed by atoms with Gasteiger partial charge in [0.15, 0.2) is 5.65 Å². The van der Waals surface area contributed by atoms with E-state index in [9.17, 15) is 9.59 Å². The second-order valence-corrected chi connectivity index (χ2v) is 6.87. The highest BCUT2D eigenvalue weighted by atomic mass is 35.5. The third-order valence-corrected chi connectivity index (χ3v) is 4.80. The van der Waals surface area contributed by atoms with Crippen molar-refractivity contribution in [1.29, 1.82) is 0 Å². The summed E-state index contributed by atoms with van der Waals surface area (Å²) in [4.78, 5) is 25.0. The summed E-state index contributed by atoms with van der Waals surface area (Å²) in [5, 5.41) is 7.78. The molecule has 130 valence electrons. The molecule has 3 aromatic rings. The molecule has 1 amide bonds. The van der Waals surface area contributed by atoms with Gasteiger partial charge in [-0.25, -0.2) is 9.48 Å². The minimum Gasteiger partial charge on any atom is -0.355 e. The molecular weight excluding hydrogens is 360 g/mol. The fraction of sp³-hybridized carbons (Fsp3) is 0.235. The summed E-state index contributed by atoms with van der Waals surface area (Å²) in [6, 6.07) is 12.8. The Labute approximate surface area is 153 Å². The molecule has 0 spiro atoms. The van der Waals surface area contributed by atoms with Gasteiger partial charge in [-0.3, -0.25) is 9.20 Å². The van der Waals surface area contributed by atoms with Crippen molar-refractivity contribution in [3.63, 3.8) is 0 Å². The van der Waals surface area contributed by atoms with Crippen molar-refractivity contribution in [2.75, 3.05) is 12.3 Å². The fourth-order valence-corrected chi connectivity index (χ4v) is 3.16. The van der Waals surface area contributed by atoms with E-state index in [0.717, 1.165) is 4.90 Å². The van der Waals surface area contributed by atoms with Crippen LogP contribution >= 0.6 is 23.4 Å². The molecule has 0 bridgehead atoms. The maximum atomic E-state index is 12.1. The molecule has 0 saturated carbocycles. The average molecular weight is 377 g/mol. The Morgan fingerprint density at radius 3 is 2.76 bits per heavy atom. The predicted molar refractivity (Wildman–Crippen MR) is 99.3 cm³/mol. The van der Waals surface area contributed by atoms with E-state index in [0.29, 0.717) is 35.9 Å². The van der Waals surface area contributed by atoms with Crippen molar-refractivity contribution in [1.82, 2.24) is 19.5 Å². The van der Waals surface area contributed by atoms with Gasteiger partial charge in [-0.15, -0.1) is 16.9 Å². The Morgan fingerprint density at radius 1 is 1.20 bits per heavy atom. The van der Waals surface area contributed by atoms with Gasteiger partial charge < -0.3 is 5.32 Å². The van der Waals surface area contributed by atoms with Crippen LogP contribution in [0.25, 0.3) is 5.65 Å². The van der Waals surface area contributed by atoms with E-state index in [2.05, 4.69) is 10.4 Å². The summed E-state index contributed by atoms with van der Waals surface area (Å²) in [6.45, 7) is 0.964. The number of benzene rings is 1. The minimum atomic E-state index is -0.166. The van der Waals surface area contributed by atoms with E-state index in [1.807, 2.05) is 18.2 Å². The number of carbonyl (C=O) groups excluding carboxylic acids is 1. The first kappa shape index (κ1) is 17.6. The van der Waals surface area contributed by atoms with Crippen LogP contribution in [0.2, 0.25) is 5.02 Å². The molecule has 0 aliphatic rings. The Balaban J connectivity index is 1.41. The number of halogens is 1. The Kier molecular flexibility index (Phi) is 5.78. The molecule has 0 aliphatic carbocycles. The number of hydrogen-bond acceptors (Lipinski definition) is 4. The topological polar surface area (TPSA) is 68.4 Å². The van der Waals surface area contributed by atoms with E-state index in [1.165, 1.54) is 20.8 Å². The Morgan fingerprint density at radius 2 is 2.00 bits per heavy atom. The van der Waals surface area contributed by atoms with Crippen LogP contribution in [0.5, 0.6) is 0 Å². The van der Waals surface area contributed by atoms with Gasteiger partial charge in [-0.1, -0.05) is 17.7 Å². The van der Waals surface area contributed by atoms with Crippen LogP contribution in [0.4, 0.5) is 0 Å². The SMILES string of the molecule is O=C(CSc1ccc(Cl)cc1)NCCCn1nc2ccccn2c1=O. The van der Waals surface area contributed by atoms with E-state index < -0.39 is 0 Å². The van der Waals surface area contributed by atoms with Gasteiger partial charge in [0, 0.05) is 29.2 Å². The maximum Gasteiger partial charge on any atom is 0.350 e. The largest absolute Gasteiger partial charge is 0.355 e. The molecule has 0 fully saturated rings. The standard InChI is InChI=1S/C17H17ClN4O2S/c18-13-5-7-14(8-6-13)25-12-16(23)19-9-3-11-22-17(24)21-10-2-1-4-15(21)20-22/h1-2,4-8,10H,3,9,11-12H2,(H,19,23). The second-order valence-electron chi connectivity index (χ2n) is 5.38. The normalized spacial score (nSPS) is 10.9. The summed E-state index contributed by atoms with van der Waals surface area (Å²) in [5.74, 6) is 0.304. The van der Waals surface area contributed by atoms with Crippen LogP contribution in [0.1, 0.15) is 6.42 Å². The van der Waals surface area contributed by atoms with Crippen molar-refractivity contribution in [2.45, 2.75) is 17.9 Å². The van der Waals surface area contributed by atoms with E-state index in [-0.39, 0.29) is 11.6 Å². The molecule has 0 atom stereocenters. The zero-order valence-electron chi connectivity index (χ0n) is 13.4. The first-order valence-corrected chi connectivity index (χ1v) is 9.19. The molecule has 25 heavy (non-hydrogen) atoms. The number of aryl methyl sites for hydroxylation is 1. The zero-order valence-corrected chi connectivity index (χ0v) is 15.0. The smallest absolute Gasteiger partial charge is 0.350 e. The second kappa shape index (κ2) is 8.22. The molecule has 2 heterocycles. The van der Waals surface area contributed by atoms with Crippen LogP contribution in [0, 0.1) is 0 Å². The number of nitrogens with zero attached hydrogens (tertiary/aromatic N) is 3. The highest BCUT2D eigenvalue weighted by molar-refractivity contribution is 8.00. The summed E-state index contributed by atoms with van der Waals surface area (Å²) < 4.78 is 2.92. The van der Waals surface area contributed by atoms with Gasteiger partial charge in [0.2, 0.25) is 5.91 Å². The molecule has 0 saturated heterocycles. The first-order chi connectivity index (χ1) is 12.1. The molecule has 8 heteroatoms. The molecule has 1 aromatic carbocycles. The van der Waals surface area contributed by atoms with Gasteiger partial charge in [0.05, 0.1) is 5.75 Å². The third kappa shape index (κ3) is 4.64. The minimum absolute atomic E-state index is 0.0395. The average Bonchev–Trinajstić information content (AvgIpc) is 2.94. The molecule has 1 N–H and O–H groups in total. The number of nitrogens with one attached hydrogen (secondary N) is 1. The van der Waals surface area contributed by atoms with Crippen LogP contribution in [0.3, 0.4) is 0 Å². The molecular formula is C17H17ClN4O2S. The van der Waals surface area contributed by atoms with Crippen LogP contribution < -0.4 is 11.0 Å². The number of pyridine rings is 1. The third-order valence-electron chi connectivity index (χ3n) is 3.54. The summed E-state index contributed by atoms with van der Waals surface area (Å²) in [6.07, 6.45) is 2.33. The van der Waals surface area contributed by atoms with Gasteiger partial charge in [0.25, 0.3) is 0 Å². The number of amides is 1. The molecule has 0 unspecified atom stereocenters. The lowest BCUT2D eigenvalue weighted by Gasteiger charge is -2.05. The molecule has 0 aliphatic heterocycles. The quantitative estimate of drug-likeness (QED) is 0.508. The number of hydrogen-bond donors (Lipinski definition) is 1. The number of fused-ring (bicyclic) bond motifs is 1. The highest BCUT2D eigenvalue weighted by Crippen LogP contribution is 2.19. The number of rotatable bonds is 7. The maximum absolute atomic E-state index is 12.1. The summed E-state index contributed by atoms with van der Waals surface area (Å²) in [5.41, 5.74) is 0.455. The molecule has 0 radical (unpaired) electrons. The Bertz CT molecular complexity index is 920. The van der Waals surface area contributed by atoms with Crippen molar-refractivity contribution < 1.29 is 4.79 Å². The summed E-state index contributed by atoms with van der Waals surface area (Å²) in [7, 11) is 0. The van der Waals surface area contributed by atoms with Gasteiger partial charge in [0.1, 0.15) is 0 Å². The van der Waals surface area contributed by atoms with Gasteiger partial charge in [-0.2, -0.15) is 0 Å².